The summed E-state index contributed by atoms with van der Waals surface area (Å²) in [5, 5.41) is 11.4. The summed E-state index contributed by atoms with van der Waals surface area (Å²) in [5.41, 5.74) is -1.12. The van der Waals surface area contributed by atoms with Crippen LogP contribution in [0.15, 0.2) is 0 Å². The first-order valence-electron chi connectivity index (χ1n) is 5.63. The molecule has 0 radical (unpaired) electrons. The quantitative estimate of drug-likeness (QED) is 0.671. The van der Waals surface area contributed by atoms with E-state index < -0.39 is 29.4 Å². The Bertz CT molecular complexity index is 385. The number of hydrogen-bond acceptors (Lipinski definition) is 4. The minimum atomic E-state index is -1.12. The third kappa shape index (κ3) is 1.87. The van der Waals surface area contributed by atoms with Gasteiger partial charge in [0, 0.05) is 0 Å². The van der Waals surface area contributed by atoms with Crippen molar-refractivity contribution >= 4 is 17.8 Å². The molecule has 0 bridgehead atoms. The highest BCUT2D eigenvalue weighted by atomic mass is 16.6. The fraction of sp³-hybridized carbons (Fsp3) is 0.727. The van der Waals surface area contributed by atoms with Gasteiger partial charge in [-0.25, -0.2) is 4.79 Å². The van der Waals surface area contributed by atoms with Crippen LogP contribution in [0.25, 0.3) is 0 Å². The van der Waals surface area contributed by atoms with Crippen molar-refractivity contribution < 1.29 is 24.2 Å². The lowest BCUT2D eigenvalue weighted by Crippen LogP contribution is -2.59. The van der Waals surface area contributed by atoms with E-state index in [0.29, 0.717) is 12.8 Å². The van der Waals surface area contributed by atoms with Crippen LogP contribution in [-0.2, 0) is 19.1 Å². The number of carboxylic acid groups (broad SMARTS) is 1. The molecular weight excluding hydrogens is 226 g/mol. The molecule has 1 aliphatic heterocycles. The molecule has 6 heteroatoms. The maximum Gasteiger partial charge on any atom is 0.329 e. The van der Waals surface area contributed by atoms with Crippen molar-refractivity contribution in [2.75, 3.05) is 0 Å². The van der Waals surface area contributed by atoms with E-state index in [2.05, 4.69) is 5.32 Å². The highest BCUT2D eigenvalue weighted by Gasteiger charge is 2.56. The molecule has 2 N–H and O–H groups in total. The van der Waals surface area contributed by atoms with Crippen LogP contribution in [0.3, 0.4) is 0 Å². The zero-order valence-electron chi connectivity index (χ0n) is 9.73. The van der Waals surface area contributed by atoms with Gasteiger partial charge in [0.15, 0.2) is 6.10 Å². The molecule has 1 saturated carbocycles. The highest BCUT2D eigenvalue weighted by molar-refractivity contribution is 5.97. The monoisotopic (exact) mass is 241 g/mol. The zero-order valence-corrected chi connectivity index (χ0v) is 9.73. The predicted molar refractivity (Wildman–Crippen MR) is 56.0 cm³/mol. The molecule has 0 unspecified atom stereocenters. The first-order valence-corrected chi connectivity index (χ1v) is 5.63. The molecule has 2 rings (SSSR count). The second-order valence-corrected chi connectivity index (χ2v) is 5.00. The number of ether oxygens (including phenoxy) is 1. The lowest BCUT2D eigenvalue weighted by atomic mass is 9.85. The predicted octanol–water partition coefficient (Wildman–Crippen LogP) is -0.0826. The molecule has 2 aliphatic rings. The van der Waals surface area contributed by atoms with Crippen LogP contribution < -0.4 is 5.32 Å². The molecule has 0 aromatic heterocycles. The highest BCUT2D eigenvalue weighted by Crippen LogP contribution is 2.37. The Kier molecular flexibility index (Phi) is 2.60. The number of amides is 1. The summed E-state index contributed by atoms with van der Waals surface area (Å²) < 4.78 is 4.78. The summed E-state index contributed by atoms with van der Waals surface area (Å²) in [6, 6.07) is 0. The molecule has 2 fully saturated rings. The zero-order chi connectivity index (χ0) is 12.8. The normalized spacial score (nSPS) is 29.2. The molecule has 94 valence electrons. The van der Waals surface area contributed by atoms with Gasteiger partial charge in [-0.1, -0.05) is 13.8 Å². The number of cyclic esters (lactones) is 1. The third-order valence-corrected chi connectivity index (χ3v) is 3.34. The van der Waals surface area contributed by atoms with Crippen LogP contribution >= 0.6 is 0 Å². The first-order chi connectivity index (χ1) is 7.87. The minimum absolute atomic E-state index is 0.00646. The molecule has 0 spiro atoms. The summed E-state index contributed by atoms with van der Waals surface area (Å²) in [6.07, 6.45) is 0.0293. The van der Waals surface area contributed by atoms with E-state index in [1.807, 2.05) is 13.8 Å². The Hall–Kier alpha value is -1.59. The van der Waals surface area contributed by atoms with Crippen LogP contribution in [0.1, 0.15) is 26.7 Å². The van der Waals surface area contributed by atoms with Gasteiger partial charge >= 0.3 is 11.9 Å². The van der Waals surface area contributed by atoms with Crippen molar-refractivity contribution in [2.24, 2.45) is 11.8 Å². The topological polar surface area (TPSA) is 92.7 Å². The van der Waals surface area contributed by atoms with Gasteiger partial charge in [-0.15, -0.1) is 0 Å². The number of carboxylic acids is 1. The molecule has 1 aliphatic carbocycles. The lowest BCUT2D eigenvalue weighted by molar-refractivity contribution is -0.193. The van der Waals surface area contributed by atoms with E-state index in [0.717, 1.165) is 0 Å². The molecule has 1 amide bonds. The van der Waals surface area contributed by atoms with Crippen molar-refractivity contribution in [3.8, 4) is 0 Å². The second-order valence-electron chi connectivity index (χ2n) is 5.00. The average Bonchev–Trinajstić information content (AvgIpc) is 2.93. The van der Waals surface area contributed by atoms with Crippen molar-refractivity contribution in [3.63, 3.8) is 0 Å². The molecule has 6 nitrogen and oxygen atoms in total. The smallest absolute Gasteiger partial charge is 0.329 e. The fourth-order valence-corrected chi connectivity index (χ4v) is 1.99. The minimum Gasteiger partial charge on any atom is -0.480 e. The van der Waals surface area contributed by atoms with E-state index >= 15 is 0 Å². The largest absolute Gasteiger partial charge is 0.480 e. The summed E-state index contributed by atoms with van der Waals surface area (Å²) in [6.45, 7) is 3.66. The summed E-state index contributed by atoms with van der Waals surface area (Å²) in [4.78, 5) is 33.9. The molecular formula is C11H15NO5. The van der Waals surface area contributed by atoms with Crippen LogP contribution in [0.2, 0.25) is 0 Å². The number of hydrogen-bond donors (Lipinski definition) is 2. The number of nitrogens with one attached hydrogen (secondary N) is 1. The van der Waals surface area contributed by atoms with Gasteiger partial charge < -0.3 is 15.2 Å². The van der Waals surface area contributed by atoms with E-state index in [-0.39, 0.29) is 11.9 Å². The van der Waals surface area contributed by atoms with Crippen molar-refractivity contribution in [2.45, 2.75) is 38.3 Å². The fourth-order valence-electron chi connectivity index (χ4n) is 1.99. The maximum absolute atomic E-state index is 11.8. The Morgan fingerprint density at radius 1 is 1.47 bits per heavy atom. The maximum atomic E-state index is 11.8. The lowest BCUT2D eigenvalue weighted by Gasteiger charge is -2.36. The van der Waals surface area contributed by atoms with E-state index in [1.54, 1.807) is 0 Å². The number of carbonyl (C=O) groups is 3. The number of carbonyl (C=O) groups excluding carboxylic acids is 2. The van der Waals surface area contributed by atoms with Crippen molar-refractivity contribution in [1.82, 2.24) is 5.32 Å². The van der Waals surface area contributed by atoms with E-state index in [9.17, 15) is 14.4 Å². The Morgan fingerprint density at radius 3 is 2.41 bits per heavy atom. The summed E-state index contributed by atoms with van der Waals surface area (Å²) in [5.74, 6) is -2.37. The molecule has 2 atom stereocenters. The van der Waals surface area contributed by atoms with Crippen LogP contribution in [0, 0.1) is 11.8 Å². The molecule has 0 aromatic carbocycles. The Labute approximate surface area is 98.3 Å². The van der Waals surface area contributed by atoms with Gasteiger partial charge in [0.2, 0.25) is 0 Å². The van der Waals surface area contributed by atoms with Gasteiger partial charge in [-0.3, -0.25) is 9.59 Å². The average molecular weight is 241 g/mol. The van der Waals surface area contributed by atoms with E-state index in [1.165, 1.54) is 0 Å². The van der Waals surface area contributed by atoms with Gasteiger partial charge in [0.1, 0.15) is 11.5 Å². The first kappa shape index (κ1) is 11.9. The summed E-state index contributed by atoms with van der Waals surface area (Å²) in [7, 11) is 0. The van der Waals surface area contributed by atoms with Gasteiger partial charge in [-0.05, 0) is 18.8 Å². The Balaban J connectivity index is 1.98. The summed E-state index contributed by atoms with van der Waals surface area (Å²) >= 11 is 0. The SMILES string of the molecule is CC(C)[C@@H]1C(=O)O[C@H]1C(=O)NC1(C(=O)O)CC1. The number of aliphatic carboxylic acids is 1. The van der Waals surface area contributed by atoms with Gasteiger partial charge in [-0.2, -0.15) is 0 Å². The van der Waals surface area contributed by atoms with Gasteiger partial charge in [0.25, 0.3) is 5.91 Å². The molecule has 0 aromatic rings. The standard InChI is InChI=1S/C11H15NO5/c1-5(2)6-7(17-9(6)14)8(13)12-11(3-4-11)10(15)16/h5-7H,3-4H2,1-2H3,(H,12,13)(H,15,16)/t6-,7+/m0/s1. The van der Waals surface area contributed by atoms with Crippen molar-refractivity contribution in [1.29, 1.82) is 0 Å². The van der Waals surface area contributed by atoms with Crippen LogP contribution in [0.4, 0.5) is 0 Å². The second kappa shape index (κ2) is 3.72. The Morgan fingerprint density at radius 2 is 2.06 bits per heavy atom. The molecule has 1 saturated heterocycles. The van der Waals surface area contributed by atoms with Crippen LogP contribution in [-0.4, -0.2) is 34.6 Å². The molecule has 17 heavy (non-hydrogen) atoms. The number of esters is 1. The van der Waals surface area contributed by atoms with Gasteiger partial charge in [0.05, 0.1) is 0 Å². The van der Waals surface area contributed by atoms with E-state index in [4.69, 9.17) is 9.84 Å². The third-order valence-electron chi connectivity index (χ3n) is 3.34. The van der Waals surface area contributed by atoms with Crippen molar-refractivity contribution in [3.05, 3.63) is 0 Å². The number of rotatable bonds is 4. The molecule has 1 heterocycles. The van der Waals surface area contributed by atoms with Crippen LogP contribution in [0.5, 0.6) is 0 Å².